The van der Waals surface area contributed by atoms with Crippen LogP contribution >= 0.6 is 0 Å². The van der Waals surface area contributed by atoms with Gasteiger partial charge in [-0.3, -0.25) is 4.79 Å². The predicted molar refractivity (Wildman–Crippen MR) is 125 cm³/mol. The number of carbonyl (C=O) groups is 1. The maximum Gasteiger partial charge on any atom is 0.227 e. The summed E-state index contributed by atoms with van der Waals surface area (Å²) in [5.41, 5.74) is 4.14. The zero-order valence-electron chi connectivity index (χ0n) is 17.9. The van der Waals surface area contributed by atoms with E-state index in [1.54, 1.807) is 7.11 Å². The number of aryl methyl sites for hydroxylation is 1. The Labute approximate surface area is 189 Å². The molecule has 33 heavy (non-hydrogen) atoms. The Hall–Kier alpha value is -4.46. The number of rotatable bonds is 7. The molecule has 3 aromatic carbocycles. The number of aromatic amines is 1. The number of nitrogens with zero attached hydrogens (tertiary/aromatic N) is 3. The van der Waals surface area contributed by atoms with Gasteiger partial charge < -0.3 is 19.6 Å². The molecular formula is C25H21N5O3. The fourth-order valence-corrected chi connectivity index (χ4v) is 3.53. The Bertz CT molecular complexity index is 1370. The molecule has 2 N–H and O–H groups in total. The monoisotopic (exact) mass is 439 g/mol. The van der Waals surface area contributed by atoms with Crippen LogP contribution in [-0.4, -0.2) is 33.1 Å². The lowest BCUT2D eigenvalue weighted by Crippen LogP contribution is -2.13. The van der Waals surface area contributed by atoms with Gasteiger partial charge in [0.1, 0.15) is 11.6 Å². The van der Waals surface area contributed by atoms with Crippen LogP contribution in [0.3, 0.4) is 0 Å². The minimum atomic E-state index is -0.150. The first-order chi connectivity index (χ1) is 16.2. The summed E-state index contributed by atoms with van der Waals surface area (Å²) in [4.78, 5) is 25.0. The van der Waals surface area contributed by atoms with E-state index < -0.39 is 0 Å². The maximum absolute atomic E-state index is 12.6. The van der Waals surface area contributed by atoms with Crippen LogP contribution in [0.2, 0.25) is 0 Å². The van der Waals surface area contributed by atoms with Gasteiger partial charge in [-0.15, -0.1) is 0 Å². The zero-order valence-corrected chi connectivity index (χ0v) is 17.9. The van der Waals surface area contributed by atoms with Crippen molar-refractivity contribution in [2.75, 3.05) is 12.4 Å². The van der Waals surface area contributed by atoms with Crippen molar-refractivity contribution < 1.29 is 14.1 Å². The van der Waals surface area contributed by atoms with E-state index in [9.17, 15) is 4.79 Å². The fraction of sp³-hybridized carbons (Fsp3) is 0.120. The number of imidazole rings is 1. The molecule has 1 amide bonds. The highest BCUT2D eigenvalue weighted by Gasteiger charge is 2.14. The van der Waals surface area contributed by atoms with Gasteiger partial charge in [0.25, 0.3) is 0 Å². The molecule has 0 atom stereocenters. The largest absolute Gasteiger partial charge is 0.497 e. The first kappa shape index (κ1) is 20.4. The van der Waals surface area contributed by atoms with Crippen LogP contribution in [0.5, 0.6) is 5.75 Å². The standard InChI is InChI=1S/C25H21N5O3/c1-32-17-12-10-16(11-13-17)24-29-23(33-30-24)15-14-22(31)26-19-7-3-2-6-18(19)25-27-20-8-4-5-9-21(20)28-25/h2-13H,14-15H2,1H3,(H,26,31)(H,27,28). The van der Waals surface area contributed by atoms with Crippen LogP contribution in [0.15, 0.2) is 77.3 Å². The number of benzene rings is 3. The Kier molecular flexibility index (Phi) is 5.55. The van der Waals surface area contributed by atoms with Crippen molar-refractivity contribution >= 4 is 22.6 Å². The predicted octanol–water partition coefficient (Wildman–Crippen LogP) is 4.86. The molecule has 0 fully saturated rings. The van der Waals surface area contributed by atoms with E-state index in [2.05, 4.69) is 25.4 Å². The molecule has 2 heterocycles. The van der Waals surface area contributed by atoms with Crippen molar-refractivity contribution in [3.63, 3.8) is 0 Å². The SMILES string of the molecule is COc1ccc(-c2noc(CCC(=O)Nc3ccccc3-c3nc4ccccc4[nH]3)n2)cc1. The molecule has 0 aliphatic carbocycles. The minimum absolute atomic E-state index is 0.150. The molecule has 0 unspecified atom stereocenters. The number of hydrogen-bond donors (Lipinski definition) is 2. The maximum atomic E-state index is 12.6. The van der Waals surface area contributed by atoms with Crippen LogP contribution in [-0.2, 0) is 11.2 Å². The number of ether oxygens (including phenoxy) is 1. The summed E-state index contributed by atoms with van der Waals surface area (Å²) >= 11 is 0. The average molecular weight is 439 g/mol. The Balaban J connectivity index is 1.25. The molecular weight excluding hydrogens is 418 g/mol. The summed E-state index contributed by atoms with van der Waals surface area (Å²) in [5.74, 6) is 2.18. The molecule has 0 aliphatic rings. The summed E-state index contributed by atoms with van der Waals surface area (Å²) in [7, 11) is 1.61. The highest BCUT2D eigenvalue weighted by atomic mass is 16.5. The quantitative estimate of drug-likeness (QED) is 0.375. The third-order valence-electron chi connectivity index (χ3n) is 5.23. The normalized spacial score (nSPS) is 10.9. The number of amides is 1. The number of aromatic nitrogens is 4. The van der Waals surface area contributed by atoms with Gasteiger partial charge in [-0.2, -0.15) is 4.98 Å². The highest BCUT2D eigenvalue weighted by Crippen LogP contribution is 2.28. The van der Waals surface area contributed by atoms with Crippen LogP contribution in [0.1, 0.15) is 12.3 Å². The fourth-order valence-electron chi connectivity index (χ4n) is 3.53. The molecule has 0 saturated carbocycles. The second-order valence-corrected chi connectivity index (χ2v) is 7.44. The number of anilines is 1. The lowest BCUT2D eigenvalue weighted by Gasteiger charge is -2.09. The van der Waals surface area contributed by atoms with E-state index >= 15 is 0 Å². The highest BCUT2D eigenvalue weighted by molar-refractivity contribution is 5.95. The summed E-state index contributed by atoms with van der Waals surface area (Å²) in [6.07, 6.45) is 0.542. The molecule has 0 bridgehead atoms. The van der Waals surface area contributed by atoms with Crippen molar-refractivity contribution in [3.8, 4) is 28.5 Å². The second kappa shape index (κ2) is 8.96. The zero-order chi connectivity index (χ0) is 22.6. The van der Waals surface area contributed by atoms with E-state index in [1.165, 1.54) is 0 Å². The van der Waals surface area contributed by atoms with E-state index in [-0.39, 0.29) is 12.3 Å². The summed E-state index contributed by atoms with van der Waals surface area (Å²) < 4.78 is 10.5. The van der Waals surface area contributed by atoms with E-state index in [0.29, 0.717) is 29.6 Å². The number of fused-ring (bicyclic) bond motifs is 1. The molecule has 0 saturated heterocycles. The third-order valence-corrected chi connectivity index (χ3v) is 5.23. The van der Waals surface area contributed by atoms with Crippen LogP contribution in [0.25, 0.3) is 33.8 Å². The molecule has 0 radical (unpaired) electrons. The molecule has 5 aromatic rings. The number of hydrogen-bond acceptors (Lipinski definition) is 6. The van der Waals surface area contributed by atoms with E-state index in [0.717, 1.165) is 27.9 Å². The molecule has 0 aliphatic heterocycles. The number of H-pyrrole nitrogens is 1. The smallest absolute Gasteiger partial charge is 0.227 e. The van der Waals surface area contributed by atoms with Crippen molar-refractivity contribution in [2.24, 2.45) is 0 Å². The van der Waals surface area contributed by atoms with Gasteiger partial charge in [-0.25, -0.2) is 4.98 Å². The van der Waals surface area contributed by atoms with Crippen molar-refractivity contribution in [1.82, 2.24) is 20.1 Å². The lowest BCUT2D eigenvalue weighted by atomic mass is 10.1. The van der Waals surface area contributed by atoms with Gasteiger partial charge in [0, 0.05) is 24.0 Å². The number of methoxy groups -OCH3 is 1. The van der Waals surface area contributed by atoms with Gasteiger partial charge in [0.05, 0.1) is 23.8 Å². The van der Waals surface area contributed by atoms with Gasteiger partial charge in [-0.05, 0) is 48.5 Å². The summed E-state index contributed by atoms with van der Waals surface area (Å²) in [5, 5.41) is 6.98. The number of para-hydroxylation sites is 3. The number of carbonyl (C=O) groups excluding carboxylic acids is 1. The molecule has 8 nitrogen and oxygen atoms in total. The van der Waals surface area contributed by atoms with Gasteiger partial charge >= 0.3 is 0 Å². The van der Waals surface area contributed by atoms with Gasteiger partial charge in [0.15, 0.2) is 0 Å². The van der Waals surface area contributed by atoms with Gasteiger partial charge in [0.2, 0.25) is 17.6 Å². The Morgan fingerprint density at radius 2 is 1.79 bits per heavy atom. The molecule has 2 aromatic heterocycles. The molecule has 164 valence electrons. The van der Waals surface area contributed by atoms with Crippen LogP contribution < -0.4 is 10.1 Å². The topological polar surface area (TPSA) is 106 Å². The lowest BCUT2D eigenvalue weighted by molar-refractivity contribution is -0.116. The van der Waals surface area contributed by atoms with Crippen molar-refractivity contribution in [1.29, 1.82) is 0 Å². The number of nitrogens with one attached hydrogen (secondary N) is 2. The summed E-state index contributed by atoms with van der Waals surface area (Å²) in [6.45, 7) is 0. The first-order valence-corrected chi connectivity index (χ1v) is 10.5. The van der Waals surface area contributed by atoms with Crippen molar-refractivity contribution in [3.05, 3.63) is 78.7 Å². The van der Waals surface area contributed by atoms with Crippen LogP contribution in [0.4, 0.5) is 5.69 Å². The van der Waals surface area contributed by atoms with E-state index in [4.69, 9.17) is 9.26 Å². The van der Waals surface area contributed by atoms with E-state index in [1.807, 2.05) is 72.8 Å². The van der Waals surface area contributed by atoms with Crippen LogP contribution in [0, 0.1) is 0 Å². The first-order valence-electron chi connectivity index (χ1n) is 10.5. The second-order valence-electron chi connectivity index (χ2n) is 7.44. The average Bonchev–Trinajstić information content (AvgIpc) is 3.50. The van der Waals surface area contributed by atoms with Crippen molar-refractivity contribution in [2.45, 2.75) is 12.8 Å². The van der Waals surface area contributed by atoms with Gasteiger partial charge in [-0.1, -0.05) is 29.4 Å². The minimum Gasteiger partial charge on any atom is -0.497 e. The molecule has 5 rings (SSSR count). The molecule has 0 spiro atoms. The third kappa shape index (κ3) is 4.45. The Morgan fingerprint density at radius 3 is 2.61 bits per heavy atom. The Morgan fingerprint density at radius 1 is 1.00 bits per heavy atom. The summed E-state index contributed by atoms with van der Waals surface area (Å²) in [6, 6.07) is 22.8. The molecule has 8 heteroatoms.